The van der Waals surface area contributed by atoms with E-state index in [1.807, 2.05) is 85.1 Å². The van der Waals surface area contributed by atoms with E-state index in [0.717, 1.165) is 28.3 Å². The van der Waals surface area contributed by atoms with Crippen LogP contribution in [0, 0.1) is 13.8 Å². The number of aryl methyl sites for hydroxylation is 1. The minimum absolute atomic E-state index is 0.203. The minimum Gasteiger partial charge on any atom is -0.322 e. The normalized spacial score (nSPS) is 11.0. The number of aromatic nitrogens is 5. The Morgan fingerprint density at radius 3 is 2.61 bits per heavy atom. The molecule has 5 rings (SSSR count). The maximum Gasteiger partial charge on any atom is 0.259 e. The number of carbonyl (C=O) groups is 1. The Hall–Kier alpha value is -4.26. The first-order chi connectivity index (χ1) is 15.1. The zero-order valence-electron chi connectivity index (χ0n) is 17.1. The Morgan fingerprint density at radius 2 is 1.81 bits per heavy atom. The van der Waals surface area contributed by atoms with Crippen molar-refractivity contribution in [2.75, 3.05) is 5.32 Å². The SMILES string of the molecule is Cc1c(C(=O)Nc2cccc(-c3nc4ncccn4c3C)c2)cnn1-c1ccccc1. The predicted octanol–water partition coefficient (Wildman–Crippen LogP) is 4.45. The number of imidazole rings is 1. The molecule has 0 aliphatic heterocycles. The van der Waals surface area contributed by atoms with E-state index in [1.165, 1.54) is 0 Å². The first-order valence-electron chi connectivity index (χ1n) is 9.93. The molecule has 31 heavy (non-hydrogen) atoms. The minimum atomic E-state index is -0.203. The van der Waals surface area contributed by atoms with Gasteiger partial charge in [0, 0.05) is 29.3 Å². The van der Waals surface area contributed by atoms with E-state index in [2.05, 4.69) is 20.4 Å². The fraction of sp³-hybridized carbons (Fsp3) is 0.0833. The highest BCUT2D eigenvalue weighted by atomic mass is 16.1. The second kappa shape index (κ2) is 7.53. The monoisotopic (exact) mass is 408 g/mol. The summed E-state index contributed by atoms with van der Waals surface area (Å²) >= 11 is 0. The number of carbonyl (C=O) groups excluding carboxylic acids is 1. The lowest BCUT2D eigenvalue weighted by Gasteiger charge is -2.08. The van der Waals surface area contributed by atoms with Gasteiger partial charge >= 0.3 is 0 Å². The van der Waals surface area contributed by atoms with Crippen molar-refractivity contribution in [2.24, 2.45) is 0 Å². The molecule has 0 saturated heterocycles. The Morgan fingerprint density at radius 1 is 0.968 bits per heavy atom. The summed E-state index contributed by atoms with van der Waals surface area (Å²) in [6.07, 6.45) is 5.26. The lowest BCUT2D eigenvalue weighted by Crippen LogP contribution is -2.13. The van der Waals surface area contributed by atoms with Gasteiger partial charge in [0.15, 0.2) is 0 Å². The van der Waals surface area contributed by atoms with Crippen LogP contribution >= 0.6 is 0 Å². The van der Waals surface area contributed by atoms with Gasteiger partial charge in [0.05, 0.1) is 28.8 Å². The van der Waals surface area contributed by atoms with Crippen molar-refractivity contribution in [1.82, 2.24) is 24.1 Å². The van der Waals surface area contributed by atoms with Gasteiger partial charge in [-0.15, -0.1) is 0 Å². The average Bonchev–Trinajstić information content (AvgIpc) is 3.35. The van der Waals surface area contributed by atoms with Gasteiger partial charge in [0.2, 0.25) is 5.78 Å². The summed E-state index contributed by atoms with van der Waals surface area (Å²) in [6, 6.07) is 19.3. The maximum absolute atomic E-state index is 12.9. The van der Waals surface area contributed by atoms with E-state index < -0.39 is 0 Å². The van der Waals surface area contributed by atoms with E-state index in [-0.39, 0.29) is 5.91 Å². The van der Waals surface area contributed by atoms with Crippen molar-refractivity contribution in [3.8, 4) is 16.9 Å². The Kier molecular flexibility index (Phi) is 4.55. The van der Waals surface area contributed by atoms with Crippen LogP contribution in [0.2, 0.25) is 0 Å². The van der Waals surface area contributed by atoms with Gasteiger partial charge < -0.3 is 5.32 Å². The molecular weight excluding hydrogens is 388 g/mol. The van der Waals surface area contributed by atoms with Crippen molar-refractivity contribution in [1.29, 1.82) is 0 Å². The number of hydrogen-bond acceptors (Lipinski definition) is 4. The van der Waals surface area contributed by atoms with Gasteiger partial charge in [-0.1, -0.05) is 30.3 Å². The van der Waals surface area contributed by atoms with E-state index >= 15 is 0 Å². The van der Waals surface area contributed by atoms with Crippen molar-refractivity contribution in [3.05, 3.63) is 96.2 Å². The van der Waals surface area contributed by atoms with Crippen LogP contribution in [0.4, 0.5) is 5.69 Å². The molecule has 0 aliphatic rings. The quantitative estimate of drug-likeness (QED) is 0.477. The molecule has 0 radical (unpaired) electrons. The summed E-state index contributed by atoms with van der Waals surface area (Å²) in [5.41, 5.74) is 5.66. The van der Waals surface area contributed by atoms with Crippen LogP contribution in [0.5, 0.6) is 0 Å². The molecule has 0 aliphatic carbocycles. The third-order valence-corrected chi connectivity index (χ3v) is 5.29. The standard InChI is InChI=1S/C24H20N6O/c1-16-21(15-26-30(16)20-10-4-3-5-11-20)23(31)27-19-9-6-8-18(14-19)22-17(2)29-13-7-12-25-24(29)28-22/h3-15H,1-2H3,(H,27,31). The van der Waals surface area contributed by atoms with E-state index in [9.17, 15) is 4.79 Å². The van der Waals surface area contributed by atoms with Gasteiger partial charge in [-0.25, -0.2) is 14.6 Å². The number of nitrogens with one attached hydrogen (secondary N) is 1. The highest BCUT2D eigenvalue weighted by Crippen LogP contribution is 2.26. The van der Waals surface area contributed by atoms with Crippen LogP contribution < -0.4 is 5.32 Å². The Labute approximate surface area is 179 Å². The number of fused-ring (bicyclic) bond motifs is 1. The van der Waals surface area contributed by atoms with Gasteiger partial charge in [0.1, 0.15) is 0 Å². The number of anilines is 1. The zero-order chi connectivity index (χ0) is 21.4. The van der Waals surface area contributed by atoms with E-state index in [0.29, 0.717) is 17.0 Å². The molecule has 0 unspecified atom stereocenters. The number of amides is 1. The molecular formula is C24H20N6O. The molecule has 7 heteroatoms. The molecule has 0 fully saturated rings. The van der Waals surface area contributed by atoms with Gasteiger partial charge in [-0.3, -0.25) is 9.20 Å². The largest absolute Gasteiger partial charge is 0.322 e. The van der Waals surface area contributed by atoms with Crippen molar-refractivity contribution < 1.29 is 4.79 Å². The van der Waals surface area contributed by atoms with Crippen LogP contribution in [0.3, 0.4) is 0 Å². The summed E-state index contributed by atoms with van der Waals surface area (Å²) in [6.45, 7) is 3.89. The molecule has 7 nitrogen and oxygen atoms in total. The first-order valence-corrected chi connectivity index (χ1v) is 9.93. The van der Waals surface area contributed by atoms with E-state index in [4.69, 9.17) is 0 Å². The molecule has 0 spiro atoms. The van der Waals surface area contributed by atoms with Gasteiger partial charge in [-0.2, -0.15) is 5.10 Å². The fourth-order valence-electron chi connectivity index (χ4n) is 3.68. The van der Waals surface area contributed by atoms with Crippen LogP contribution in [-0.4, -0.2) is 30.1 Å². The number of benzene rings is 2. The van der Waals surface area contributed by atoms with Gasteiger partial charge in [-0.05, 0) is 44.2 Å². The highest BCUT2D eigenvalue weighted by Gasteiger charge is 2.16. The number of hydrogen-bond donors (Lipinski definition) is 1. The lowest BCUT2D eigenvalue weighted by molar-refractivity contribution is 0.102. The Balaban J connectivity index is 1.43. The Bertz CT molecular complexity index is 1400. The van der Waals surface area contributed by atoms with E-state index in [1.54, 1.807) is 17.1 Å². The lowest BCUT2D eigenvalue weighted by atomic mass is 10.1. The summed E-state index contributed by atoms with van der Waals surface area (Å²) < 4.78 is 3.71. The molecule has 0 atom stereocenters. The third kappa shape index (κ3) is 3.36. The summed E-state index contributed by atoms with van der Waals surface area (Å²) in [5, 5.41) is 7.37. The molecule has 152 valence electrons. The highest BCUT2D eigenvalue weighted by molar-refractivity contribution is 6.05. The molecule has 3 heterocycles. The van der Waals surface area contributed by atoms with Crippen molar-refractivity contribution >= 4 is 17.4 Å². The molecule has 5 aromatic rings. The first kappa shape index (κ1) is 18.7. The van der Waals surface area contributed by atoms with Crippen LogP contribution in [0.15, 0.2) is 79.3 Å². The van der Waals surface area contributed by atoms with Gasteiger partial charge in [0.25, 0.3) is 5.91 Å². The summed E-state index contributed by atoms with van der Waals surface area (Å²) in [5.74, 6) is 0.443. The maximum atomic E-state index is 12.9. The smallest absolute Gasteiger partial charge is 0.259 e. The van der Waals surface area contributed by atoms with Crippen LogP contribution in [0.1, 0.15) is 21.7 Å². The molecule has 1 amide bonds. The van der Waals surface area contributed by atoms with Crippen molar-refractivity contribution in [2.45, 2.75) is 13.8 Å². The second-order valence-electron chi connectivity index (χ2n) is 7.26. The number of para-hydroxylation sites is 1. The topological polar surface area (TPSA) is 77.1 Å². The number of nitrogens with zero attached hydrogens (tertiary/aromatic N) is 5. The fourth-order valence-corrected chi connectivity index (χ4v) is 3.68. The number of rotatable bonds is 4. The molecule has 2 aromatic carbocycles. The molecule has 3 aromatic heterocycles. The second-order valence-corrected chi connectivity index (χ2v) is 7.26. The molecule has 0 saturated carbocycles. The zero-order valence-corrected chi connectivity index (χ0v) is 17.1. The summed E-state index contributed by atoms with van der Waals surface area (Å²) in [4.78, 5) is 21.9. The average molecular weight is 408 g/mol. The van der Waals surface area contributed by atoms with Crippen LogP contribution in [0.25, 0.3) is 22.7 Å². The third-order valence-electron chi connectivity index (χ3n) is 5.29. The molecule has 0 bridgehead atoms. The predicted molar refractivity (Wildman–Crippen MR) is 119 cm³/mol. The molecule has 1 N–H and O–H groups in total. The van der Waals surface area contributed by atoms with Crippen molar-refractivity contribution in [3.63, 3.8) is 0 Å². The summed E-state index contributed by atoms with van der Waals surface area (Å²) in [7, 11) is 0. The van der Waals surface area contributed by atoms with Crippen LogP contribution in [-0.2, 0) is 0 Å².